The minimum atomic E-state index is -0.0392. The molecule has 0 saturated heterocycles. The summed E-state index contributed by atoms with van der Waals surface area (Å²) < 4.78 is 7.75. The maximum Gasteiger partial charge on any atom is 0.447 e. The quantitative estimate of drug-likeness (QED) is 0.297. The van der Waals surface area contributed by atoms with Gasteiger partial charge in [-0.25, -0.2) is 4.98 Å². The molecule has 2 heterocycles. The molecule has 154 valence electrons. The van der Waals surface area contributed by atoms with Crippen molar-refractivity contribution in [1.29, 1.82) is 5.41 Å². The Kier molecular flexibility index (Phi) is 6.39. The first-order chi connectivity index (χ1) is 13.9. The normalized spacial score (nSPS) is 12.3. The molecule has 4 N–H and O–H groups in total. The Balaban J connectivity index is 1.93. The van der Waals surface area contributed by atoms with Gasteiger partial charge in [0.05, 0.1) is 5.69 Å². The third-order valence-corrected chi connectivity index (χ3v) is 4.98. The zero-order valence-corrected chi connectivity index (χ0v) is 17.6. The van der Waals surface area contributed by atoms with E-state index in [1.165, 1.54) is 5.56 Å². The number of fused-ring (bicyclic) bond motifs is 1. The number of ether oxygens (including phenoxy) is 1. The van der Waals surface area contributed by atoms with Crippen molar-refractivity contribution in [1.82, 2.24) is 14.9 Å². The molecule has 0 radical (unpaired) electrons. The second kappa shape index (κ2) is 8.97. The summed E-state index contributed by atoms with van der Waals surface area (Å²) >= 11 is 0. The van der Waals surface area contributed by atoms with Crippen molar-refractivity contribution >= 4 is 17.3 Å². The predicted molar refractivity (Wildman–Crippen MR) is 118 cm³/mol. The van der Waals surface area contributed by atoms with Gasteiger partial charge in [-0.05, 0) is 42.6 Å². The van der Waals surface area contributed by atoms with E-state index >= 15 is 0 Å². The van der Waals surface area contributed by atoms with Crippen LogP contribution < -0.4 is 20.7 Å². The third-order valence-electron chi connectivity index (χ3n) is 4.98. The molecule has 0 atom stereocenters. The largest absolute Gasteiger partial charge is 0.471 e. The first kappa shape index (κ1) is 20.7. The van der Waals surface area contributed by atoms with Crippen molar-refractivity contribution in [2.24, 2.45) is 5.92 Å². The molecule has 1 aromatic heterocycles. The van der Waals surface area contributed by atoms with Crippen LogP contribution in [0.3, 0.4) is 0 Å². The Hall–Kier alpha value is -3.05. The Morgan fingerprint density at radius 3 is 2.93 bits per heavy atom. The van der Waals surface area contributed by atoms with Crippen molar-refractivity contribution in [3.63, 3.8) is 0 Å². The number of nitrogens with one attached hydrogen (secondary N) is 4. The SMILES string of the molecule is C#[N+]C(=N)c1nc(Cc2cc3c(cc2C)NCO3)n(CCNCC(C)C)c1NC. The number of aryl methyl sites for hydroxylation is 1. The molecule has 0 spiro atoms. The molecule has 0 saturated carbocycles. The summed E-state index contributed by atoms with van der Waals surface area (Å²) in [5, 5.41) is 17.9. The standard InChI is InChI=1S/C21H30N7O/c1-13(2)11-25-6-7-28-18(27-19(20(22)23-4)21(28)24-5)10-15-9-17-16(8-14(15)3)26-12-29-17/h4,8-9,13,22,24-26H,6-7,10-12H2,1-3,5H3/q+1. The molecule has 1 aromatic carbocycles. The molecular formula is C21H30N7O+. The first-order valence-corrected chi connectivity index (χ1v) is 9.92. The van der Waals surface area contributed by atoms with Crippen molar-refractivity contribution in [3.05, 3.63) is 39.6 Å². The van der Waals surface area contributed by atoms with Gasteiger partial charge in [-0.2, -0.15) is 4.85 Å². The number of imidazole rings is 1. The summed E-state index contributed by atoms with van der Waals surface area (Å²) in [6.07, 6.45) is 0.624. The minimum Gasteiger partial charge on any atom is -0.471 e. The zero-order chi connectivity index (χ0) is 21.0. The van der Waals surface area contributed by atoms with Gasteiger partial charge in [0, 0.05) is 26.6 Å². The Labute approximate surface area is 172 Å². The summed E-state index contributed by atoms with van der Waals surface area (Å²) in [5.41, 5.74) is 3.79. The van der Waals surface area contributed by atoms with Gasteiger partial charge in [-0.15, -0.1) is 0 Å². The first-order valence-electron chi connectivity index (χ1n) is 9.92. The van der Waals surface area contributed by atoms with E-state index in [0.29, 0.717) is 24.8 Å². The monoisotopic (exact) mass is 396 g/mol. The lowest BCUT2D eigenvalue weighted by Gasteiger charge is -2.14. The van der Waals surface area contributed by atoms with Crippen molar-refractivity contribution in [2.75, 3.05) is 37.5 Å². The van der Waals surface area contributed by atoms with Gasteiger partial charge in [-0.3, -0.25) is 0 Å². The maximum absolute atomic E-state index is 8.07. The molecule has 1 aliphatic heterocycles. The van der Waals surface area contributed by atoms with E-state index in [1.54, 1.807) is 0 Å². The van der Waals surface area contributed by atoms with Gasteiger partial charge in [-0.1, -0.05) is 19.3 Å². The van der Waals surface area contributed by atoms with Crippen LogP contribution in [0.5, 0.6) is 5.75 Å². The molecule has 29 heavy (non-hydrogen) atoms. The van der Waals surface area contributed by atoms with E-state index in [4.69, 9.17) is 21.7 Å². The van der Waals surface area contributed by atoms with Crippen LogP contribution in [-0.2, 0) is 13.0 Å². The lowest BCUT2D eigenvalue weighted by molar-refractivity contribution is 0.372. The second-order valence-electron chi connectivity index (χ2n) is 7.62. The highest BCUT2D eigenvalue weighted by Crippen LogP contribution is 2.33. The van der Waals surface area contributed by atoms with Gasteiger partial charge in [0.15, 0.2) is 6.73 Å². The lowest BCUT2D eigenvalue weighted by atomic mass is 10.0. The molecule has 3 rings (SSSR count). The zero-order valence-electron chi connectivity index (χ0n) is 17.6. The van der Waals surface area contributed by atoms with E-state index in [0.717, 1.165) is 48.3 Å². The number of rotatable bonds is 9. The topological polar surface area (TPSA) is 91.3 Å². The molecule has 0 unspecified atom stereocenters. The highest BCUT2D eigenvalue weighted by Gasteiger charge is 2.25. The number of anilines is 2. The van der Waals surface area contributed by atoms with Gasteiger partial charge in [0.25, 0.3) is 0 Å². The summed E-state index contributed by atoms with van der Waals surface area (Å²) in [4.78, 5) is 8.25. The average Bonchev–Trinajstić information content (AvgIpc) is 3.28. The van der Waals surface area contributed by atoms with Crippen LogP contribution in [0.4, 0.5) is 11.5 Å². The van der Waals surface area contributed by atoms with E-state index < -0.39 is 0 Å². The molecule has 2 aromatic rings. The number of amidine groups is 1. The smallest absolute Gasteiger partial charge is 0.447 e. The number of hydrogen-bond donors (Lipinski definition) is 4. The van der Waals surface area contributed by atoms with Gasteiger partial charge < -0.3 is 25.3 Å². The van der Waals surface area contributed by atoms with E-state index in [-0.39, 0.29) is 5.84 Å². The van der Waals surface area contributed by atoms with E-state index in [1.807, 2.05) is 7.05 Å². The van der Waals surface area contributed by atoms with Crippen LogP contribution in [-0.4, -0.2) is 42.3 Å². The van der Waals surface area contributed by atoms with Crippen LogP contribution in [0.2, 0.25) is 0 Å². The van der Waals surface area contributed by atoms with Crippen LogP contribution in [0.15, 0.2) is 12.1 Å². The van der Waals surface area contributed by atoms with Crippen LogP contribution in [0, 0.1) is 24.8 Å². The molecule has 0 aliphatic carbocycles. The van der Waals surface area contributed by atoms with Crippen LogP contribution >= 0.6 is 0 Å². The number of aromatic nitrogens is 2. The molecule has 1 aliphatic rings. The summed E-state index contributed by atoms with van der Waals surface area (Å²) in [7, 11) is 1.83. The average molecular weight is 397 g/mol. The molecule has 0 fully saturated rings. The van der Waals surface area contributed by atoms with Gasteiger partial charge in [0.1, 0.15) is 24.0 Å². The highest BCUT2D eigenvalue weighted by atomic mass is 16.5. The third kappa shape index (κ3) is 4.51. The van der Waals surface area contributed by atoms with Gasteiger partial charge in [0.2, 0.25) is 5.69 Å². The fourth-order valence-electron chi connectivity index (χ4n) is 3.48. The van der Waals surface area contributed by atoms with E-state index in [2.05, 4.69) is 58.3 Å². The Morgan fingerprint density at radius 1 is 1.45 bits per heavy atom. The van der Waals surface area contributed by atoms with Crippen molar-refractivity contribution < 1.29 is 4.74 Å². The van der Waals surface area contributed by atoms with E-state index in [9.17, 15) is 0 Å². The maximum atomic E-state index is 8.07. The minimum absolute atomic E-state index is 0.0392. The fourth-order valence-corrected chi connectivity index (χ4v) is 3.48. The Morgan fingerprint density at radius 2 is 2.24 bits per heavy atom. The summed E-state index contributed by atoms with van der Waals surface area (Å²) in [5.74, 6) is 3.02. The molecule has 0 amide bonds. The summed E-state index contributed by atoms with van der Waals surface area (Å²) in [6.45, 7) is 14.8. The Bertz CT molecular complexity index is 939. The number of hydrogen-bond acceptors (Lipinski definition) is 6. The van der Waals surface area contributed by atoms with Crippen LogP contribution in [0.25, 0.3) is 4.85 Å². The van der Waals surface area contributed by atoms with Crippen LogP contribution in [0.1, 0.15) is 36.5 Å². The highest BCUT2D eigenvalue weighted by molar-refractivity contribution is 6.06. The van der Waals surface area contributed by atoms with Crippen molar-refractivity contribution in [2.45, 2.75) is 33.7 Å². The molecule has 8 nitrogen and oxygen atoms in total. The molecular weight excluding hydrogens is 366 g/mol. The van der Waals surface area contributed by atoms with Gasteiger partial charge >= 0.3 is 5.84 Å². The summed E-state index contributed by atoms with van der Waals surface area (Å²) in [6, 6.07) is 4.17. The second-order valence-corrected chi connectivity index (χ2v) is 7.62. The predicted octanol–water partition coefficient (Wildman–Crippen LogP) is 3.12. The fraction of sp³-hybridized carbons (Fsp3) is 0.476. The van der Waals surface area contributed by atoms with Crippen molar-refractivity contribution in [3.8, 4) is 12.3 Å². The molecule has 8 heteroatoms. The number of benzene rings is 1. The lowest BCUT2D eigenvalue weighted by Crippen LogP contribution is -2.25. The molecule has 0 bridgehead atoms. The number of nitrogens with zero attached hydrogens (tertiary/aromatic N) is 3.